The van der Waals surface area contributed by atoms with Gasteiger partial charge in [0.1, 0.15) is 23.7 Å². The van der Waals surface area contributed by atoms with E-state index in [2.05, 4.69) is 9.47 Å². The summed E-state index contributed by atoms with van der Waals surface area (Å²) >= 11 is 0. The molecule has 0 unspecified atom stereocenters. The van der Waals surface area contributed by atoms with Crippen molar-refractivity contribution in [3.05, 3.63) is 92.6 Å². The third-order valence-electron chi connectivity index (χ3n) is 3.84. The minimum absolute atomic E-state index is 0.0225. The molecule has 0 atom stereocenters. The van der Waals surface area contributed by atoms with E-state index in [1.807, 2.05) is 12.1 Å². The van der Waals surface area contributed by atoms with E-state index in [4.69, 9.17) is 13.9 Å². The molecule has 0 saturated heterocycles. The van der Waals surface area contributed by atoms with Gasteiger partial charge >= 0.3 is 5.97 Å². The predicted molar refractivity (Wildman–Crippen MR) is 116 cm³/mol. The Hall–Kier alpha value is -3.75. The van der Waals surface area contributed by atoms with Crippen LogP contribution >= 0.6 is 0 Å². The number of rotatable bonds is 3. The number of aryl methyl sites for hydroxylation is 1. The van der Waals surface area contributed by atoms with Crippen LogP contribution in [0.5, 0.6) is 0 Å². The molecule has 0 fully saturated rings. The molecule has 0 radical (unpaired) electrons. The Balaban J connectivity index is 0.000000184. The Kier molecular flexibility index (Phi) is 8.68. The first-order valence-electron chi connectivity index (χ1n) is 9.11. The van der Waals surface area contributed by atoms with Gasteiger partial charge in [-0.05, 0) is 31.2 Å². The number of hydrogen-bond acceptors (Lipinski definition) is 7. The molecule has 8 heteroatoms. The average molecular weight is 426 g/mol. The van der Waals surface area contributed by atoms with Crippen molar-refractivity contribution in [2.75, 3.05) is 21.0 Å². The molecular weight excluding hydrogens is 404 g/mol. The lowest BCUT2D eigenvalue weighted by Crippen LogP contribution is -2.05. The third-order valence-corrected chi connectivity index (χ3v) is 3.84. The van der Waals surface area contributed by atoms with Crippen molar-refractivity contribution in [1.29, 1.82) is 0 Å². The summed E-state index contributed by atoms with van der Waals surface area (Å²) in [5.74, 6) is -0.930. The zero-order chi connectivity index (χ0) is 22.8. The van der Waals surface area contributed by atoms with Gasteiger partial charge in [-0.25, -0.2) is 4.79 Å². The van der Waals surface area contributed by atoms with Gasteiger partial charge in [-0.3, -0.25) is 9.59 Å². The SMILES string of the molecule is COCOC.Cc1cc(=O)c2ccccc2o1.O=C(O)c1cc(=O)c2ccccc2o1. The number of carbonyl (C=O) groups is 1. The van der Waals surface area contributed by atoms with Crippen LogP contribution < -0.4 is 10.9 Å². The molecule has 0 amide bonds. The number of carboxylic acid groups (broad SMARTS) is 1. The highest BCUT2D eigenvalue weighted by atomic mass is 16.6. The first-order chi connectivity index (χ1) is 14.9. The molecule has 0 spiro atoms. The fraction of sp³-hybridized carbons (Fsp3) is 0.174. The molecule has 2 heterocycles. The van der Waals surface area contributed by atoms with E-state index in [-0.39, 0.29) is 22.2 Å². The number of fused-ring (bicyclic) bond motifs is 2. The van der Waals surface area contributed by atoms with Crippen molar-refractivity contribution in [1.82, 2.24) is 0 Å². The monoisotopic (exact) mass is 426 g/mol. The lowest BCUT2D eigenvalue weighted by Gasteiger charge is -1.97. The second-order valence-corrected chi connectivity index (χ2v) is 6.19. The Morgan fingerprint density at radius 3 is 1.81 bits per heavy atom. The summed E-state index contributed by atoms with van der Waals surface area (Å²) in [5, 5.41) is 9.66. The average Bonchev–Trinajstić information content (AvgIpc) is 2.75. The molecule has 0 bridgehead atoms. The molecule has 162 valence electrons. The van der Waals surface area contributed by atoms with Gasteiger partial charge in [-0.15, -0.1) is 0 Å². The lowest BCUT2D eigenvalue weighted by molar-refractivity contribution is -0.00272. The van der Waals surface area contributed by atoms with Crippen LogP contribution in [0.1, 0.15) is 16.3 Å². The van der Waals surface area contributed by atoms with E-state index in [1.165, 1.54) is 6.07 Å². The van der Waals surface area contributed by atoms with Crippen molar-refractivity contribution in [2.24, 2.45) is 0 Å². The zero-order valence-corrected chi connectivity index (χ0v) is 17.3. The highest BCUT2D eigenvalue weighted by molar-refractivity contribution is 5.87. The maximum absolute atomic E-state index is 11.4. The molecule has 0 aliphatic heterocycles. The normalized spacial score (nSPS) is 10.0. The van der Waals surface area contributed by atoms with Crippen LogP contribution in [0.4, 0.5) is 0 Å². The highest BCUT2D eigenvalue weighted by Gasteiger charge is 2.09. The highest BCUT2D eigenvalue weighted by Crippen LogP contribution is 2.11. The number of carboxylic acids is 1. The van der Waals surface area contributed by atoms with Gasteiger partial charge < -0.3 is 23.4 Å². The second-order valence-electron chi connectivity index (χ2n) is 6.19. The van der Waals surface area contributed by atoms with E-state index in [0.29, 0.717) is 28.9 Å². The third kappa shape index (κ3) is 6.63. The van der Waals surface area contributed by atoms with E-state index >= 15 is 0 Å². The Morgan fingerprint density at radius 2 is 1.32 bits per heavy atom. The van der Waals surface area contributed by atoms with Crippen LogP contribution in [0.25, 0.3) is 21.9 Å². The second kappa shape index (κ2) is 11.4. The van der Waals surface area contributed by atoms with Crippen LogP contribution in [0.3, 0.4) is 0 Å². The number of ether oxygens (including phenoxy) is 2. The number of benzene rings is 2. The lowest BCUT2D eigenvalue weighted by atomic mass is 10.2. The van der Waals surface area contributed by atoms with Crippen LogP contribution in [-0.2, 0) is 9.47 Å². The maximum Gasteiger partial charge on any atom is 0.371 e. The van der Waals surface area contributed by atoms with Crippen LogP contribution in [0.2, 0.25) is 0 Å². The van der Waals surface area contributed by atoms with Crippen molar-refractivity contribution in [3.63, 3.8) is 0 Å². The largest absolute Gasteiger partial charge is 0.475 e. The molecule has 0 aliphatic carbocycles. The van der Waals surface area contributed by atoms with Gasteiger partial charge in [0.25, 0.3) is 0 Å². The number of para-hydroxylation sites is 2. The topological polar surface area (TPSA) is 116 Å². The molecule has 4 rings (SSSR count). The fourth-order valence-electron chi connectivity index (χ4n) is 2.55. The standard InChI is InChI=1S/C10H6O4.C10H8O2.C3H8O2/c11-7-5-9(10(12)13)14-8-4-2-1-3-6(7)8;1-7-6-9(11)8-4-2-3-5-10(8)12-7;1-4-3-5-2/h1-5H,(H,12,13);2-6H,1H3;3H2,1-2H3. The summed E-state index contributed by atoms with van der Waals surface area (Å²) in [6, 6.07) is 16.2. The van der Waals surface area contributed by atoms with Crippen molar-refractivity contribution >= 4 is 27.9 Å². The molecule has 0 saturated carbocycles. The molecule has 4 aromatic rings. The molecule has 8 nitrogen and oxygen atoms in total. The number of hydrogen-bond donors (Lipinski definition) is 1. The van der Waals surface area contributed by atoms with Crippen molar-refractivity contribution < 1.29 is 28.2 Å². The van der Waals surface area contributed by atoms with E-state index in [1.54, 1.807) is 57.5 Å². The molecular formula is C23H22O8. The van der Waals surface area contributed by atoms with Gasteiger partial charge in [0.2, 0.25) is 5.76 Å². The molecule has 2 aromatic heterocycles. The summed E-state index contributed by atoms with van der Waals surface area (Å²) in [6.07, 6.45) is 0. The van der Waals surface area contributed by atoms with Crippen molar-refractivity contribution in [3.8, 4) is 0 Å². The van der Waals surface area contributed by atoms with E-state index < -0.39 is 5.97 Å². The minimum Gasteiger partial charge on any atom is -0.475 e. The summed E-state index contributed by atoms with van der Waals surface area (Å²) in [5.41, 5.74) is 0.624. The Bertz CT molecular complexity index is 1270. The van der Waals surface area contributed by atoms with Gasteiger partial charge in [0.15, 0.2) is 10.9 Å². The van der Waals surface area contributed by atoms with E-state index in [9.17, 15) is 14.4 Å². The minimum atomic E-state index is -1.24. The van der Waals surface area contributed by atoms with Crippen molar-refractivity contribution in [2.45, 2.75) is 6.92 Å². The van der Waals surface area contributed by atoms with E-state index in [0.717, 1.165) is 6.07 Å². The smallest absolute Gasteiger partial charge is 0.371 e. The molecule has 31 heavy (non-hydrogen) atoms. The van der Waals surface area contributed by atoms with Gasteiger partial charge in [0, 0.05) is 26.4 Å². The maximum atomic E-state index is 11.4. The predicted octanol–water partition coefficient (Wildman–Crippen LogP) is 3.83. The number of methoxy groups -OCH3 is 2. The summed E-state index contributed by atoms with van der Waals surface area (Å²) < 4.78 is 19.3. The Morgan fingerprint density at radius 1 is 0.839 bits per heavy atom. The van der Waals surface area contributed by atoms with Gasteiger partial charge in [-0.1, -0.05) is 24.3 Å². The van der Waals surface area contributed by atoms with Crippen LogP contribution in [0, 0.1) is 6.92 Å². The molecule has 2 aromatic carbocycles. The quantitative estimate of drug-likeness (QED) is 0.491. The van der Waals surface area contributed by atoms with Crippen LogP contribution in [0.15, 0.2) is 79.1 Å². The fourth-order valence-corrected chi connectivity index (χ4v) is 2.55. The summed E-state index contributed by atoms with van der Waals surface area (Å²) in [4.78, 5) is 33.3. The van der Waals surface area contributed by atoms with Crippen LogP contribution in [-0.4, -0.2) is 32.1 Å². The summed E-state index contributed by atoms with van der Waals surface area (Å²) in [7, 11) is 3.17. The Labute approximate surface area is 177 Å². The summed E-state index contributed by atoms with van der Waals surface area (Å²) in [6.45, 7) is 2.16. The molecule has 0 aliphatic rings. The molecule has 1 N–H and O–H groups in total. The first kappa shape index (κ1) is 23.5. The zero-order valence-electron chi connectivity index (χ0n) is 17.3. The van der Waals surface area contributed by atoms with Gasteiger partial charge in [0.05, 0.1) is 10.8 Å². The van der Waals surface area contributed by atoms with Gasteiger partial charge in [-0.2, -0.15) is 0 Å². The number of aromatic carboxylic acids is 1. The first-order valence-corrected chi connectivity index (χ1v) is 9.11.